The second-order valence-corrected chi connectivity index (χ2v) is 5.54. The summed E-state index contributed by atoms with van der Waals surface area (Å²) in [4.78, 5) is 0. The molecular weight excluding hydrogens is 256 g/mol. The van der Waals surface area contributed by atoms with Crippen molar-refractivity contribution in [3.8, 4) is 0 Å². The van der Waals surface area contributed by atoms with E-state index in [1.165, 1.54) is 0 Å². The summed E-state index contributed by atoms with van der Waals surface area (Å²) in [7, 11) is 0. The molecule has 5 heteroatoms. The van der Waals surface area contributed by atoms with Crippen LogP contribution in [-0.2, 0) is 6.54 Å². The molecule has 0 aliphatic heterocycles. The maximum Gasteiger partial charge on any atom is 0.217 e. The minimum atomic E-state index is -1.64. The fourth-order valence-corrected chi connectivity index (χ4v) is 1.30. The van der Waals surface area contributed by atoms with Gasteiger partial charge in [-0.25, -0.2) is 0 Å². The Morgan fingerprint density at radius 2 is 1.80 bits per heavy atom. The number of rotatable bonds is 4. The summed E-state index contributed by atoms with van der Waals surface area (Å²) >= 11 is 16.5. The first-order valence-corrected chi connectivity index (χ1v) is 5.63. The van der Waals surface area contributed by atoms with Gasteiger partial charge in [0.2, 0.25) is 3.79 Å². The molecule has 0 unspecified atom stereocenters. The predicted octanol–water partition coefficient (Wildman–Crippen LogP) is 2.51. The highest BCUT2D eigenvalue weighted by molar-refractivity contribution is 6.68. The lowest BCUT2D eigenvalue weighted by atomic mass is 10.2. The van der Waals surface area contributed by atoms with Gasteiger partial charge in [0.1, 0.15) is 6.10 Å². The minimum absolute atomic E-state index is 0.241. The van der Waals surface area contributed by atoms with Crippen LogP contribution in [0.15, 0.2) is 30.3 Å². The first-order chi connectivity index (χ1) is 7.00. The zero-order chi connectivity index (χ0) is 11.3. The smallest absolute Gasteiger partial charge is 0.217 e. The average Bonchev–Trinajstić information content (AvgIpc) is 2.18. The average molecular weight is 269 g/mol. The van der Waals surface area contributed by atoms with E-state index in [1.807, 2.05) is 30.3 Å². The third-order valence-electron chi connectivity index (χ3n) is 1.89. The predicted molar refractivity (Wildman–Crippen MR) is 64.4 cm³/mol. The SMILES string of the molecule is O[C@@H](CNCc1ccccc1)C(Cl)(Cl)Cl. The van der Waals surface area contributed by atoms with Gasteiger partial charge in [0, 0.05) is 13.1 Å². The number of alkyl halides is 3. The number of aliphatic hydroxyl groups is 1. The highest BCUT2D eigenvalue weighted by Gasteiger charge is 2.29. The van der Waals surface area contributed by atoms with Crippen molar-refractivity contribution in [2.24, 2.45) is 0 Å². The third-order valence-corrected chi connectivity index (χ3v) is 2.64. The first kappa shape index (κ1) is 13.1. The molecule has 0 fully saturated rings. The first-order valence-electron chi connectivity index (χ1n) is 4.49. The van der Waals surface area contributed by atoms with Crippen LogP contribution in [0.4, 0.5) is 0 Å². The highest BCUT2D eigenvalue weighted by atomic mass is 35.6. The van der Waals surface area contributed by atoms with Crippen molar-refractivity contribution in [3.63, 3.8) is 0 Å². The summed E-state index contributed by atoms with van der Waals surface area (Å²) in [6, 6.07) is 9.80. The second kappa shape index (κ2) is 5.92. The van der Waals surface area contributed by atoms with Crippen LogP contribution in [0.3, 0.4) is 0 Å². The lowest BCUT2D eigenvalue weighted by Crippen LogP contribution is -2.36. The van der Waals surface area contributed by atoms with Crippen molar-refractivity contribution in [1.82, 2.24) is 5.32 Å². The Kier molecular flexibility index (Phi) is 5.16. The van der Waals surface area contributed by atoms with E-state index in [9.17, 15) is 5.11 Å². The third kappa shape index (κ3) is 5.05. The molecule has 1 aromatic carbocycles. The molecule has 15 heavy (non-hydrogen) atoms. The van der Waals surface area contributed by atoms with Crippen molar-refractivity contribution in [2.75, 3.05) is 6.54 Å². The molecular formula is C10H12Cl3NO. The fourth-order valence-electron chi connectivity index (χ4n) is 1.06. The maximum atomic E-state index is 9.41. The van der Waals surface area contributed by atoms with Crippen molar-refractivity contribution < 1.29 is 5.11 Å². The van der Waals surface area contributed by atoms with Gasteiger partial charge in [-0.05, 0) is 5.56 Å². The van der Waals surface area contributed by atoms with Gasteiger partial charge < -0.3 is 10.4 Å². The van der Waals surface area contributed by atoms with Crippen LogP contribution in [0.2, 0.25) is 0 Å². The molecule has 0 radical (unpaired) electrons. The standard InChI is InChI=1S/C10H12Cl3NO/c11-10(12,13)9(15)7-14-6-8-4-2-1-3-5-8/h1-5,9,14-15H,6-7H2/t9-/m0/s1. The van der Waals surface area contributed by atoms with Crippen LogP contribution in [0, 0.1) is 0 Å². The Labute approximate surface area is 104 Å². The van der Waals surface area contributed by atoms with Crippen LogP contribution >= 0.6 is 34.8 Å². The molecule has 84 valence electrons. The van der Waals surface area contributed by atoms with Gasteiger partial charge in [-0.15, -0.1) is 0 Å². The molecule has 0 saturated carbocycles. The molecule has 2 N–H and O–H groups in total. The van der Waals surface area contributed by atoms with Crippen molar-refractivity contribution in [2.45, 2.75) is 16.4 Å². The monoisotopic (exact) mass is 267 g/mol. The zero-order valence-electron chi connectivity index (χ0n) is 7.96. The molecule has 1 aromatic rings. The van der Waals surface area contributed by atoms with Gasteiger partial charge >= 0.3 is 0 Å². The van der Waals surface area contributed by atoms with Gasteiger partial charge in [0.05, 0.1) is 0 Å². The molecule has 0 aliphatic carbocycles. The van der Waals surface area contributed by atoms with Crippen molar-refractivity contribution >= 4 is 34.8 Å². The van der Waals surface area contributed by atoms with Gasteiger partial charge in [-0.1, -0.05) is 65.1 Å². The number of benzene rings is 1. The quantitative estimate of drug-likeness (QED) is 0.823. The van der Waals surface area contributed by atoms with Crippen LogP contribution in [0.1, 0.15) is 5.56 Å². The molecule has 0 bridgehead atoms. The largest absolute Gasteiger partial charge is 0.387 e. The molecule has 1 atom stereocenters. The summed E-state index contributed by atoms with van der Waals surface area (Å²) < 4.78 is -1.64. The maximum absolute atomic E-state index is 9.41. The van der Waals surface area contributed by atoms with Gasteiger partial charge in [0.25, 0.3) is 0 Å². The number of halogens is 3. The Balaban J connectivity index is 2.28. The lowest BCUT2D eigenvalue weighted by Gasteiger charge is -2.19. The lowest BCUT2D eigenvalue weighted by molar-refractivity contribution is 0.175. The summed E-state index contributed by atoms with van der Waals surface area (Å²) in [5, 5.41) is 12.4. The normalized spacial score (nSPS) is 13.9. The number of hydrogen-bond donors (Lipinski definition) is 2. The van der Waals surface area contributed by atoms with Gasteiger partial charge in [-0.2, -0.15) is 0 Å². The van der Waals surface area contributed by atoms with Gasteiger partial charge in [0.15, 0.2) is 0 Å². The molecule has 0 aromatic heterocycles. The minimum Gasteiger partial charge on any atom is -0.387 e. The Morgan fingerprint density at radius 1 is 1.20 bits per heavy atom. The van der Waals surface area contributed by atoms with E-state index in [4.69, 9.17) is 34.8 Å². The van der Waals surface area contributed by atoms with E-state index in [0.717, 1.165) is 5.56 Å². The molecule has 0 saturated heterocycles. The van der Waals surface area contributed by atoms with Crippen LogP contribution in [-0.4, -0.2) is 21.5 Å². The van der Waals surface area contributed by atoms with E-state index in [0.29, 0.717) is 6.54 Å². The number of aliphatic hydroxyl groups excluding tert-OH is 1. The number of hydrogen-bond acceptors (Lipinski definition) is 2. The van der Waals surface area contributed by atoms with Crippen LogP contribution in [0.25, 0.3) is 0 Å². The van der Waals surface area contributed by atoms with Crippen LogP contribution < -0.4 is 5.32 Å². The summed E-state index contributed by atoms with van der Waals surface area (Å²) in [5.41, 5.74) is 1.12. The Morgan fingerprint density at radius 3 is 2.33 bits per heavy atom. The Bertz CT molecular complexity index is 286. The van der Waals surface area contributed by atoms with E-state index >= 15 is 0 Å². The summed E-state index contributed by atoms with van der Waals surface area (Å²) in [6.45, 7) is 0.879. The summed E-state index contributed by atoms with van der Waals surface area (Å²) in [6.07, 6.45) is -1.01. The number of nitrogens with one attached hydrogen (secondary N) is 1. The van der Waals surface area contributed by atoms with Crippen molar-refractivity contribution in [3.05, 3.63) is 35.9 Å². The van der Waals surface area contributed by atoms with E-state index in [1.54, 1.807) is 0 Å². The fraction of sp³-hybridized carbons (Fsp3) is 0.400. The Hall–Kier alpha value is 0.01000. The topological polar surface area (TPSA) is 32.3 Å². The molecule has 2 nitrogen and oxygen atoms in total. The summed E-state index contributed by atoms with van der Waals surface area (Å²) in [5.74, 6) is 0. The molecule has 0 aliphatic rings. The van der Waals surface area contributed by atoms with Gasteiger partial charge in [-0.3, -0.25) is 0 Å². The van der Waals surface area contributed by atoms with E-state index < -0.39 is 9.90 Å². The molecule has 0 spiro atoms. The molecule has 1 rings (SSSR count). The van der Waals surface area contributed by atoms with Crippen LogP contribution in [0.5, 0.6) is 0 Å². The second-order valence-electron chi connectivity index (χ2n) is 3.17. The van der Waals surface area contributed by atoms with Crippen molar-refractivity contribution in [1.29, 1.82) is 0 Å². The molecule has 0 heterocycles. The van der Waals surface area contributed by atoms with E-state index in [-0.39, 0.29) is 6.54 Å². The molecule has 0 amide bonds. The van der Waals surface area contributed by atoms with E-state index in [2.05, 4.69) is 5.32 Å². The zero-order valence-corrected chi connectivity index (χ0v) is 10.2. The highest BCUT2D eigenvalue weighted by Crippen LogP contribution is 2.29.